The molecule has 1 aromatic rings. The highest BCUT2D eigenvalue weighted by Crippen LogP contribution is 2.17. The van der Waals surface area contributed by atoms with Gasteiger partial charge in [0, 0.05) is 19.2 Å². The van der Waals surface area contributed by atoms with E-state index < -0.39 is 0 Å². The van der Waals surface area contributed by atoms with Gasteiger partial charge in [0.1, 0.15) is 5.75 Å². The molecule has 7 heteroatoms. The molecule has 3 amide bonds. The van der Waals surface area contributed by atoms with Crippen LogP contribution in [0.3, 0.4) is 0 Å². The van der Waals surface area contributed by atoms with Gasteiger partial charge in [-0.05, 0) is 23.8 Å². The van der Waals surface area contributed by atoms with Crippen molar-refractivity contribution in [2.45, 2.75) is 0 Å². The van der Waals surface area contributed by atoms with Gasteiger partial charge in [-0.25, -0.2) is 0 Å². The number of nitrogens with zero attached hydrogens (tertiary/aromatic N) is 1. The molecule has 6 nitrogen and oxygen atoms in total. The number of imide groups is 1. The van der Waals surface area contributed by atoms with Crippen molar-refractivity contribution in [2.24, 2.45) is 0 Å². The van der Waals surface area contributed by atoms with Gasteiger partial charge in [0.05, 0.1) is 12.9 Å². The largest absolute Gasteiger partial charge is 0.497 e. The van der Waals surface area contributed by atoms with Crippen LogP contribution in [0.1, 0.15) is 5.56 Å². The lowest BCUT2D eigenvalue weighted by Gasteiger charge is -2.12. The summed E-state index contributed by atoms with van der Waals surface area (Å²) in [5.74, 6) is 0.402. The van der Waals surface area contributed by atoms with Crippen molar-refractivity contribution in [3.63, 3.8) is 0 Å². The first-order valence-electron chi connectivity index (χ1n) is 6.67. The molecule has 0 saturated carbocycles. The number of hydrogen-bond acceptors (Lipinski definition) is 5. The molecule has 1 heterocycles. The number of amides is 3. The molecule has 1 aliphatic rings. The van der Waals surface area contributed by atoms with E-state index in [0.29, 0.717) is 5.75 Å². The van der Waals surface area contributed by atoms with Crippen LogP contribution in [-0.2, 0) is 9.59 Å². The molecule has 1 N–H and O–H groups in total. The minimum atomic E-state index is -0.283. The standard InChI is InChI=1S/C15H16N2O4S/c1-21-12-4-2-3-11(9-12)5-6-13(18)16-7-8-17-14(19)10-22-15(17)20/h2-6,9H,7-8,10H2,1H3,(H,16,18)/b6-5+. The van der Waals surface area contributed by atoms with Crippen LogP contribution in [0.4, 0.5) is 4.79 Å². The molecule has 22 heavy (non-hydrogen) atoms. The third kappa shape index (κ3) is 4.36. The third-order valence-corrected chi connectivity index (χ3v) is 3.85. The van der Waals surface area contributed by atoms with Crippen molar-refractivity contribution in [1.82, 2.24) is 10.2 Å². The Morgan fingerprint density at radius 2 is 2.27 bits per heavy atom. The van der Waals surface area contributed by atoms with Gasteiger partial charge in [0.15, 0.2) is 0 Å². The summed E-state index contributed by atoms with van der Waals surface area (Å²) < 4.78 is 5.10. The van der Waals surface area contributed by atoms with E-state index in [1.807, 2.05) is 24.3 Å². The van der Waals surface area contributed by atoms with E-state index in [1.165, 1.54) is 6.08 Å². The number of rotatable bonds is 6. The summed E-state index contributed by atoms with van der Waals surface area (Å²) in [5.41, 5.74) is 0.843. The van der Waals surface area contributed by atoms with Crippen molar-refractivity contribution >= 4 is 34.9 Å². The Morgan fingerprint density at radius 1 is 1.45 bits per heavy atom. The lowest BCUT2D eigenvalue weighted by molar-refractivity contribution is -0.125. The van der Waals surface area contributed by atoms with Crippen LogP contribution >= 0.6 is 11.8 Å². The van der Waals surface area contributed by atoms with Crippen LogP contribution < -0.4 is 10.1 Å². The summed E-state index contributed by atoms with van der Waals surface area (Å²) >= 11 is 0.982. The van der Waals surface area contributed by atoms with Gasteiger partial charge in [0.2, 0.25) is 11.8 Å². The summed E-state index contributed by atoms with van der Waals surface area (Å²) in [4.78, 5) is 35.6. The predicted octanol–water partition coefficient (Wildman–Crippen LogP) is 1.52. The zero-order chi connectivity index (χ0) is 15.9. The second-order valence-electron chi connectivity index (χ2n) is 4.50. The Balaban J connectivity index is 1.79. The zero-order valence-electron chi connectivity index (χ0n) is 12.1. The zero-order valence-corrected chi connectivity index (χ0v) is 12.9. The second-order valence-corrected chi connectivity index (χ2v) is 5.43. The summed E-state index contributed by atoms with van der Waals surface area (Å²) in [5, 5.41) is 2.38. The van der Waals surface area contributed by atoms with Crippen molar-refractivity contribution in [3.05, 3.63) is 35.9 Å². The number of ether oxygens (including phenoxy) is 1. The highest BCUT2D eigenvalue weighted by Gasteiger charge is 2.29. The van der Waals surface area contributed by atoms with E-state index in [9.17, 15) is 14.4 Å². The SMILES string of the molecule is COc1cccc(/C=C/C(=O)NCCN2C(=O)CSC2=O)c1. The number of benzene rings is 1. The molecular formula is C15H16N2O4S. The normalized spacial score (nSPS) is 14.7. The van der Waals surface area contributed by atoms with Crippen LogP contribution in [0.15, 0.2) is 30.3 Å². The van der Waals surface area contributed by atoms with Gasteiger partial charge >= 0.3 is 0 Å². The molecule has 0 unspecified atom stereocenters. The maximum absolute atomic E-state index is 11.7. The fraction of sp³-hybridized carbons (Fsp3) is 0.267. The van der Waals surface area contributed by atoms with Gasteiger partial charge in [-0.1, -0.05) is 23.9 Å². The number of carbonyl (C=O) groups is 3. The molecule has 116 valence electrons. The maximum Gasteiger partial charge on any atom is 0.288 e. The van der Waals surface area contributed by atoms with Crippen molar-refractivity contribution in [3.8, 4) is 5.75 Å². The average molecular weight is 320 g/mol. The average Bonchev–Trinajstić information content (AvgIpc) is 2.85. The van der Waals surface area contributed by atoms with Crippen molar-refractivity contribution in [2.75, 3.05) is 26.0 Å². The van der Waals surface area contributed by atoms with Gasteiger partial charge in [-0.3, -0.25) is 19.3 Å². The quantitative estimate of drug-likeness (QED) is 0.804. The highest BCUT2D eigenvalue weighted by molar-refractivity contribution is 8.14. The molecule has 0 atom stereocenters. The van der Waals surface area contributed by atoms with E-state index >= 15 is 0 Å². The highest BCUT2D eigenvalue weighted by atomic mass is 32.2. The van der Waals surface area contributed by atoms with Crippen LogP contribution in [-0.4, -0.2) is 47.9 Å². The Kier molecular flexibility index (Phi) is 5.60. The Morgan fingerprint density at radius 3 is 2.95 bits per heavy atom. The Bertz CT molecular complexity index is 599. The molecule has 1 aliphatic heterocycles. The van der Waals surface area contributed by atoms with E-state index in [-0.39, 0.29) is 35.9 Å². The second kappa shape index (κ2) is 7.65. The van der Waals surface area contributed by atoms with Crippen LogP contribution in [0.5, 0.6) is 5.75 Å². The minimum Gasteiger partial charge on any atom is -0.497 e. The number of nitrogens with one attached hydrogen (secondary N) is 1. The summed E-state index contributed by atoms with van der Waals surface area (Å²) in [6.07, 6.45) is 3.07. The fourth-order valence-electron chi connectivity index (χ4n) is 1.86. The summed E-state index contributed by atoms with van der Waals surface area (Å²) in [6.45, 7) is 0.433. The van der Waals surface area contributed by atoms with E-state index in [4.69, 9.17) is 4.74 Å². The maximum atomic E-state index is 11.7. The number of hydrogen-bond donors (Lipinski definition) is 1. The van der Waals surface area contributed by atoms with Crippen molar-refractivity contribution < 1.29 is 19.1 Å². The summed E-state index contributed by atoms with van der Waals surface area (Å²) in [7, 11) is 1.58. The third-order valence-electron chi connectivity index (χ3n) is 3.00. The summed E-state index contributed by atoms with van der Waals surface area (Å²) in [6, 6.07) is 7.31. The minimum absolute atomic E-state index is 0.183. The topological polar surface area (TPSA) is 75.7 Å². The van der Waals surface area contributed by atoms with Gasteiger partial charge in [-0.2, -0.15) is 0 Å². The first kappa shape index (κ1) is 16.1. The molecule has 0 bridgehead atoms. The van der Waals surface area contributed by atoms with Gasteiger partial charge < -0.3 is 10.1 Å². The number of thioether (sulfide) groups is 1. The van der Waals surface area contributed by atoms with E-state index in [2.05, 4.69) is 5.32 Å². The van der Waals surface area contributed by atoms with Crippen LogP contribution in [0.25, 0.3) is 6.08 Å². The van der Waals surface area contributed by atoms with Gasteiger partial charge in [0.25, 0.3) is 5.24 Å². The monoisotopic (exact) mass is 320 g/mol. The molecule has 1 fully saturated rings. The molecule has 1 aromatic carbocycles. The molecule has 1 saturated heterocycles. The predicted molar refractivity (Wildman–Crippen MR) is 84.6 cm³/mol. The lowest BCUT2D eigenvalue weighted by Crippen LogP contribution is -2.37. The number of methoxy groups -OCH3 is 1. The molecule has 0 aliphatic carbocycles. The van der Waals surface area contributed by atoms with E-state index in [1.54, 1.807) is 13.2 Å². The van der Waals surface area contributed by atoms with Crippen LogP contribution in [0, 0.1) is 0 Å². The molecule has 2 rings (SSSR count). The molecule has 0 spiro atoms. The smallest absolute Gasteiger partial charge is 0.288 e. The molecular weight excluding hydrogens is 304 g/mol. The fourth-order valence-corrected chi connectivity index (χ4v) is 2.62. The first-order valence-corrected chi connectivity index (χ1v) is 7.66. The van der Waals surface area contributed by atoms with Gasteiger partial charge in [-0.15, -0.1) is 0 Å². The Labute approximate surface area is 132 Å². The lowest BCUT2D eigenvalue weighted by atomic mass is 10.2. The Hall–Kier alpha value is -2.28. The molecule has 0 radical (unpaired) electrons. The number of carbonyl (C=O) groups excluding carboxylic acids is 3. The van der Waals surface area contributed by atoms with Crippen LogP contribution in [0.2, 0.25) is 0 Å². The molecule has 0 aromatic heterocycles. The van der Waals surface area contributed by atoms with Crippen molar-refractivity contribution in [1.29, 1.82) is 0 Å². The van der Waals surface area contributed by atoms with E-state index in [0.717, 1.165) is 22.2 Å². The first-order chi connectivity index (χ1) is 10.6.